The third-order valence-corrected chi connectivity index (χ3v) is 4.38. The van der Waals surface area contributed by atoms with Gasteiger partial charge in [0, 0.05) is 19.3 Å². The van der Waals surface area contributed by atoms with Crippen molar-refractivity contribution in [2.45, 2.75) is 12.5 Å². The molecule has 28 heavy (non-hydrogen) atoms. The van der Waals surface area contributed by atoms with Crippen molar-refractivity contribution in [1.29, 1.82) is 0 Å². The Bertz CT molecular complexity index is 858. The van der Waals surface area contributed by atoms with Gasteiger partial charge in [0.2, 0.25) is 5.91 Å². The first-order valence-corrected chi connectivity index (χ1v) is 8.75. The van der Waals surface area contributed by atoms with Crippen molar-refractivity contribution in [3.8, 4) is 0 Å². The number of nitrogens with one attached hydrogen (secondary N) is 1. The number of benzene rings is 2. The predicted molar refractivity (Wildman–Crippen MR) is 101 cm³/mol. The lowest BCUT2D eigenvalue weighted by molar-refractivity contribution is -0.124. The van der Waals surface area contributed by atoms with Gasteiger partial charge in [-0.2, -0.15) is 0 Å². The molecule has 3 rings (SSSR count). The second-order valence-corrected chi connectivity index (χ2v) is 6.25. The molecule has 1 N–H and O–H groups in total. The summed E-state index contributed by atoms with van der Waals surface area (Å²) in [5.74, 6) is -1.34. The van der Waals surface area contributed by atoms with E-state index in [2.05, 4.69) is 5.32 Å². The van der Waals surface area contributed by atoms with Gasteiger partial charge in [0.25, 0.3) is 5.91 Å². The van der Waals surface area contributed by atoms with Crippen LogP contribution in [-0.2, 0) is 14.3 Å². The van der Waals surface area contributed by atoms with E-state index < -0.39 is 29.7 Å². The van der Waals surface area contributed by atoms with Crippen LogP contribution in [0.2, 0.25) is 0 Å². The van der Waals surface area contributed by atoms with E-state index in [1.165, 1.54) is 36.3 Å². The number of hydrogen-bond donors (Lipinski definition) is 1. The molecule has 0 aliphatic carbocycles. The zero-order valence-electron chi connectivity index (χ0n) is 15.3. The number of hydrogen-bond acceptors (Lipinski definition) is 4. The summed E-state index contributed by atoms with van der Waals surface area (Å²) in [7, 11) is 1.49. The summed E-state index contributed by atoms with van der Waals surface area (Å²) in [6.45, 7) is 0.413. The maximum Gasteiger partial charge on any atom is 0.332 e. The van der Waals surface area contributed by atoms with Crippen LogP contribution < -0.4 is 10.2 Å². The number of carbonyl (C=O) groups is 3. The molecule has 1 atom stereocenters. The van der Waals surface area contributed by atoms with E-state index in [0.717, 1.165) is 4.90 Å². The second kappa shape index (κ2) is 8.62. The highest BCUT2D eigenvalue weighted by Crippen LogP contribution is 2.26. The number of rotatable bonds is 7. The standard InChI is InChI=1S/C20H20FN3O4/c1-28-12-11-23-17(13-18(25)22-15-9-7-14(21)8-10-15)19(26)24(20(23)27)16-5-3-2-4-6-16/h2-10,17H,11-13H2,1H3,(H,22,25)/t17-/m0/s1. The smallest absolute Gasteiger partial charge is 0.332 e. The van der Waals surface area contributed by atoms with Crippen LogP contribution >= 0.6 is 0 Å². The van der Waals surface area contributed by atoms with E-state index in [0.29, 0.717) is 11.4 Å². The molecule has 0 aromatic heterocycles. The Labute approximate surface area is 161 Å². The van der Waals surface area contributed by atoms with Crippen LogP contribution in [0.1, 0.15) is 6.42 Å². The van der Waals surface area contributed by atoms with Crippen molar-refractivity contribution < 1.29 is 23.5 Å². The minimum atomic E-state index is -0.941. The Balaban J connectivity index is 1.78. The lowest BCUT2D eigenvalue weighted by Gasteiger charge is -2.21. The van der Waals surface area contributed by atoms with Gasteiger partial charge < -0.3 is 15.0 Å². The highest BCUT2D eigenvalue weighted by molar-refractivity contribution is 6.22. The first-order chi connectivity index (χ1) is 13.5. The number of halogens is 1. The first kappa shape index (κ1) is 19.5. The Hall–Kier alpha value is -3.26. The molecule has 1 saturated heterocycles. The van der Waals surface area contributed by atoms with Crippen LogP contribution in [0.25, 0.3) is 0 Å². The quantitative estimate of drug-likeness (QED) is 0.743. The van der Waals surface area contributed by atoms with Gasteiger partial charge in [0.05, 0.1) is 18.7 Å². The molecule has 8 heteroatoms. The van der Waals surface area contributed by atoms with E-state index in [1.54, 1.807) is 30.3 Å². The summed E-state index contributed by atoms with van der Waals surface area (Å²) >= 11 is 0. The zero-order valence-corrected chi connectivity index (χ0v) is 15.3. The summed E-state index contributed by atoms with van der Waals surface area (Å²) in [6, 6.07) is 12.4. The van der Waals surface area contributed by atoms with E-state index in [9.17, 15) is 18.8 Å². The molecule has 1 aliphatic rings. The van der Waals surface area contributed by atoms with Gasteiger partial charge in [-0.1, -0.05) is 18.2 Å². The highest BCUT2D eigenvalue weighted by Gasteiger charge is 2.46. The molecule has 2 aromatic rings. The average Bonchev–Trinajstić information content (AvgIpc) is 2.92. The van der Waals surface area contributed by atoms with E-state index in [-0.39, 0.29) is 19.6 Å². The Morgan fingerprint density at radius 3 is 2.43 bits per heavy atom. The minimum absolute atomic E-state index is 0.179. The summed E-state index contributed by atoms with van der Waals surface area (Å²) in [5, 5.41) is 2.62. The molecule has 2 aromatic carbocycles. The van der Waals surface area contributed by atoms with Crippen LogP contribution in [0.15, 0.2) is 54.6 Å². The van der Waals surface area contributed by atoms with Crippen molar-refractivity contribution >= 4 is 29.2 Å². The number of para-hydroxylation sites is 1. The number of urea groups is 1. The molecule has 4 amide bonds. The SMILES string of the molecule is COCCN1C(=O)N(c2ccccc2)C(=O)[C@@H]1CC(=O)Nc1ccc(F)cc1. The van der Waals surface area contributed by atoms with Crippen LogP contribution in [0.5, 0.6) is 0 Å². The Morgan fingerprint density at radius 1 is 1.11 bits per heavy atom. The fourth-order valence-electron chi connectivity index (χ4n) is 3.01. The van der Waals surface area contributed by atoms with Crippen molar-refractivity contribution in [3.63, 3.8) is 0 Å². The van der Waals surface area contributed by atoms with Gasteiger partial charge >= 0.3 is 6.03 Å². The molecule has 1 heterocycles. The summed E-state index contributed by atoms with van der Waals surface area (Å²) in [5.41, 5.74) is 0.855. The number of amides is 4. The molecular formula is C20H20FN3O4. The highest BCUT2D eigenvalue weighted by atomic mass is 19.1. The fraction of sp³-hybridized carbons (Fsp3) is 0.250. The van der Waals surface area contributed by atoms with Gasteiger partial charge in [0.15, 0.2) is 0 Å². The van der Waals surface area contributed by atoms with E-state index >= 15 is 0 Å². The third-order valence-electron chi connectivity index (χ3n) is 4.38. The number of ether oxygens (including phenoxy) is 1. The maximum absolute atomic E-state index is 13.0. The zero-order chi connectivity index (χ0) is 20.1. The molecule has 0 unspecified atom stereocenters. The van der Waals surface area contributed by atoms with Crippen LogP contribution in [0.3, 0.4) is 0 Å². The van der Waals surface area contributed by atoms with E-state index in [1.807, 2.05) is 0 Å². The number of methoxy groups -OCH3 is 1. The van der Waals surface area contributed by atoms with Crippen LogP contribution in [0.4, 0.5) is 20.6 Å². The normalized spacial score (nSPS) is 16.6. The van der Waals surface area contributed by atoms with Gasteiger partial charge in [-0.3, -0.25) is 9.59 Å². The molecule has 1 fully saturated rings. The predicted octanol–water partition coefficient (Wildman–Crippen LogP) is 2.64. The van der Waals surface area contributed by atoms with Gasteiger partial charge in [0.1, 0.15) is 11.9 Å². The molecule has 0 spiro atoms. The molecular weight excluding hydrogens is 365 g/mol. The van der Waals surface area contributed by atoms with Crippen molar-refractivity contribution in [1.82, 2.24) is 4.90 Å². The van der Waals surface area contributed by atoms with Crippen LogP contribution in [-0.4, -0.2) is 49.0 Å². The molecule has 0 radical (unpaired) electrons. The molecule has 146 valence electrons. The number of carbonyl (C=O) groups excluding carboxylic acids is 3. The average molecular weight is 385 g/mol. The van der Waals surface area contributed by atoms with Gasteiger partial charge in [-0.15, -0.1) is 0 Å². The molecule has 0 bridgehead atoms. The third kappa shape index (κ3) is 4.17. The monoisotopic (exact) mass is 385 g/mol. The minimum Gasteiger partial charge on any atom is -0.383 e. The molecule has 7 nitrogen and oxygen atoms in total. The van der Waals surface area contributed by atoms with Gasteiger partial charge in [-0.05, 0) is 36.4 Å². The summed E-state index contributed by atoms with van der Waals surface area (Å²) in [6.07, 6.45) is -0.213. The Morgan fingerprint density at radius 2 is 1.79 bits per heavy atom. The molecule has 1 aliphatic heterocycles. The Kier molecular flexibility index (Phi) is 6.00. The number of nitrogens with zero attached hydrogens (tertiary/aromatic N) is 2. The topological polar surface area (TPSA) is 79.0 Å². The number of imide groups is 1. The lowest BCUT2D eigenvalue weighted by Crippen LogP contribution is -2.39. The maximum atomic E-state index is 13.0. The second-order valence-electron chi connectivity index (χ2n) is 6.25. The summed E-state index contributed by atoms with van der Waals surface area (Å²) < 4.78 is 18.0. The number of anilines is 2. The van der Waals surface area contributed by atoms with Crippen molar-refractivity contribution in [2.24, 2.45) is 0 Å². The molecule has 0 saturated carbocycles. The van der Waals surface area contributed by atoms with Crippen molar-refractivity contribution in [3.05, 3.63) is 60.4 Å². The van der Waals surface area contributed by atoms with Crippen LogP contribution in [0, 0.1) is 5.82 Å². The van der Waals surface area contributed by atoms with Gasteiger partial charge in [-0.25, -0.2) is 14.1 Å². The van der Waals surface area contributed by atoms with E-state index in [4.69, 9.17) is 4.74 Å². The van der Waals surface area contributed by atoms with Crippen molar-refractivity contribution in [2.75, 3.05) is 30.5 Å². The summed E-state index contributed by atoms with van der Waals surface area (Å²) in [4.78, 5) is 40.6. The lowest BCUT2D eigenvalue weighted by atomic mass is 10.1. The first-order valence-electron chi connectivity index (χ1n) is 8.75. The largest absolute Gasteiger partial charge is 0.383 e. The fourth-order valence-corrected chi connectivity index (χ4v) is 3.01.